The molecule has 1 aliphatic rings. The third-order valence-corrected chi connectivity index (χ3v) is 3.14. The van der Waals surface area contributed by atoms with E-state index >= 15 is 0 Å². The fourth-order valence-corrected chi connectivity index (χ4v) is 2.01. The normalized spacial score (nSPS) is 14.9. The first kappa shape index (κ1) is 13.3. The first-order valence-corrected chi connectivity index (χ1v) is 5.94. The summed E-state index contributed by atoms with van der Waals surface area (Å²) in [4.78, 5) is 25.5. The van der Waals surface area contributed by atoms with E-state index in [2.05, 4.69) is 0 Å². The van der Waals surface area contributed by atoms with Crippen LogP contribution in [0.25, 0.3) is 0 Å². The number of carboxylic acids is 1. The molecule has 19 heavy (non-hydrogen) atoms. The van der Waals surface area contributed by atoms with Crippen LogP contribution < -0.4 is 0 Å². The van der Waals surface area contributed by atoms with Gasteiger partial charge in [0.2, 0.25) is 0 Å². The fourth-order valence-electron chi connectivity index (χ4n) is 2.01. The molecule has 0 aromatic heterocycles. The maximum Gasteiger partial charge on any atom is 0.320 e. The molecule has 0 atom stereocenters. The highest BCUT2D eigenvalue weighted by Crippen LogP contribution is 2.18. The molecule has 1 saturated heterocycles. The van der Waals surface area contributed by atoms with Crippen molar-refractivity contribution in [1.29, 1.82) is 0 Å². The molecule has 1 heterocycles. The Balaban J connectivity index is 1.89. The lowest BCUT2D eigenvalue weighted by atomic mass is 10.0. The Morgan fingerprint density at radius 2 is 2.16 bits per heavy atom. The van der Waals surface area contributed by atoms with Crippen LogP contribution in [0, 0.1) is 11.7 Å². The van der Waals surface area contributed by atoms with Crippen molar-refractivity contribution in [2.45, 2.75) is 6.54 Å². The van der Waals surface area contributed by atoms with Gasteiger partial charge in [-0.05, 0) is 17.7 Å². The average molecular weight is 266 g/mol. The largest absolute Gasteiger partial charge is 0.481 e. The SMILES string of the molecule is CN(Cc1cccc(F)c1)C(=O)N1CC(C(=O)O)C1. The number of carbonyl (C=O) groups excluding carboxylic acids is 1. The van der Waals surface area contributed by atoms with Crippen molar-refractivity contribution in [1.82, 2.24) is 9.80 Å². The predicted molar refractivity (Wildman–Crippen MR) is 66.0 cm³/mol. The highest BCUT2D eigenvalue weighted by atomic mass is 19.1. The summed E-state index contributed by atoms with van der Waals surface area (Å²) in [6, 6.07) is 5.82. The number of aliphatic carboxylic acids is 1. The quantitative estimate of drug-likeness (QED) is 0.899. The van der Waals surface area contributed by atoms with Gasteiger partial charge in [-0.1, -0.05) is 12.1 Å². The molecule has 0 bridgehead atoms. The van der Waals surface area contributed by atoms with E-state index in [0.717, 1.165) is 0 Å². The Bertz CT molecular complexity index is 500. The standard InChI is InChI=1S/C13H15FN2O3/c1-15(6-9-3-2-4-11(14)5-9)13(19)16-7-10(8-16)12(17)18/h2-5,10H,6-8H2,1H3,(H,17,18). The van der Waals surface area contributed by atoms with E-state index in [4.69, 9.17) is 5.11 Å². The molecule has 2 rings (SSSR count). The Labute approximate surface area is 110 Å². The molecule has 6 heteroatoms. The number of likely N-dealkylation sites (tertiary alicyclic amines) is 1. The predicted octanol–water partition coefficient (Wildman–Crippen LogP) is 1.39. The minimum Gasteiger partial charge on any atom is -0.481 e. The third kappa shape index (κ3) is 3.01. The molecule has 5 nitrogen and oxygen atoms in total. The molecule has 1 aromatic rings. The van der Waals surface area contributed by atoms with Gasteiger partial charge in [0, 0.05) is 26.7 Å². The minimum atomic E-state index is -0.878. The monoisotopic (exact) mass is 266 g/mol. The number of hydrogen-bond donors (Lipinski definition) is 1. The molecule has 0 aliphatic carbocycles. The van der Waals surface area contributed by atoms with Gasteiger partial charge in [0.05, 0.1) is 5.92 Å². The second-order valence-corrected chi connectivity index (χ2v) is 4.71. The summed E-state index contributed by atoms with van der Waals surface area (Å²) in [6.45, 7) is 0.772. The number of amides is 2. The maximum atomic E-state index is 13.0. The molecule has 1 aliphatic heterocycles. The Kier molecular flexibility index (Phi) is 3.69. The van der Waals surface area contributed by atoms with Crippen molar-refractivity contribution in [3.05, 3.63) is 35.6 Å². The van der Waals surface area contributed by atoms with Crippen molar-refractivity contribution >= 4 is 12.0 Å². The molecule has 2 amide bonds. The van der Waals surface area contributed by atoms with Crippen LogP contribution in [0.1, 0.15) is 5.56 Å². The summed E-state index contributed by atoms with van der Waals surface area (Å²) in [7, 11) is 1.61. The van der Waals surface area contributed by atoms with Crippen LogP contribution in [0.3, 0.4) is 0 Å². The minimum absolute atomic E-state index is 0.234. The van der Waals surface area contributed by atoms with Gasteiger partial charge in [-0.25, -0.2) is 9.18 Å². The molecule has 0 unspecified atom stereocenters. The summed E-state index contributed by atoms with van der Waals surface area (Å²) in [5, 5.41) is 8.74. The van der Waals surface area contributed by atoms with Crippen molar-refractivity contribution in [2.75, 3.05) is 20.1 Å². The summed E-state index contributed by atoms with van der Waals surface area (Å²) in [5.74, 6) is -1.68. The topological polar surface area (TPSA) is 60.9 Å². The molecule has 0 radical (unpaired) electrons. The molecule has 0 spiro atoms. The average Bonchev–Trinajstić information content (AvgIpc) is 2.26. The van der Waals surface area contributed by atoms with Crippen LogP contribution in [0.5, 0.6) is 0 Å². The maximum absolute atomic E-state index is 13.0. The van der Waals surface area contributed by atoms with E-state index in [1.54, 1.807) is 19.2 Å². The van der Waals surface area contributed by atoms with E-state index in [1.165, 1.54) is 21.9 Å². The highest BCUT2D eigenvalue weighted by Gasteiger charge is 2.36. The zero-order chi connectivity index (χ0) is 14.0. The van der Waals surface area contributed by atoms with Gasteiger partial charge in [-0.2, -0.15) is 0 Å². The first-order valence-electron chi connectivity index (χ1n) is 5.94. The summed E-state index contributed by atoms with van der Waals surface area (Å²) in [6.07, 6.45) is 0. The summed E-state index contributed by atoms with van der Waals surface area (Å²) < 4.78 is 13.0. The van der Waals surface area contributed by atoms with Crippen molar-refractivity contribution in [3.8, 4) is 0 Å². The van der Waals surface area contributed by atoms with Crippen molar-refractivity contribution in [2.24, 2.45) is 5.92 Å². The van der Waals surface area contributed by atoms with Gasteiger partial charge in [0.1, 0.15) is 5.82 Å². The molecular weight excluding hydrogens is 251 g/mol. The van der Waals surface area contributed by atoms with Gasteiger partial charge >= 0.3 is 12.0 Å². The van der Waals surface area contributed by atoms with Gasteiger partial charge in [0.15, 0.2) is 0 Å². The number of nitrogens with zero attached hydrogens (tertiary/aromatic N) is 2. The highest BCUT2D eigenvalue weighted by molar-refractivity contribution is 5.79. The first-order chi connectivity index (χ1) is 8.97. The Morgan fingerprint density at radius 1 is 1.47 bits per heavy atom. The lowest BCUT2D eigenvalue weighted by Crippen LogP contribution is -2.56. The molecule has 102 valence electrons. The van der Waals surface area contributed by atoms with Gasteiger partial charge in [-0.3, -0.25) is 4.79 Å². The molecule has 1 aromatic carbocycles. The van der Waals surface area contributed by atoms with E-state index < -0.39 is 11.9 Å². The van der Waals surface area contributed by atoms with Gasteiger partial charge in [-0.15, -0.1) is 0 Å². The van der Waals surface area contributed by atoms with Crippen LogP contribution in [0.15, 0.2) is 24.3 Å². The van der Waals surface area contributed by atoms with E-state index in [0.29, 0.717) is 12.1 Å². The lowest BCUT2D eigenvalue weighted by molar-refractivity contribution is -0.146. The van der Waals surface area contributed by atoms with Crippen molar-refractivity contribution in [3.63, 3.8) is 0 Å². The van der Waals surface area contributed by atoms with Crippen LogP contribution in [0.2, 0.25) is 0 Å². The lowest BCUT2D eigenvalue weighted by Gasteiger charge is -2.38. The zero-order valence-corrected chi connectivity index (χ0v) is 10.5. The van der Waals surface area contributed by atoms with Crippen LogP contribution in [-0.4, -0.2) is 47.0 Å². The summed E-state index contributed by atoms with van der Waals surface area (Å²) in [5.41, 5.74) is 0.700. The second-order valence-electron chi connectivity index (χ2n) is 4.71. The number of carbonyl (C=O) groups is 2. The second kappa shape index (κ2) is 5.26. The van der Waals surface area contributed by atoms with Gasteiger partial charge < -0.3 is 14.9 Å². The fraction of sp³-hybridized carbons (Fsp3) is 0.385. The molecule has 0 saturated carbocycles. The van der Waals surface area contributed by atoms with E-state index in [9.17, 15) is 14.0 Å². The number of urea groups is 1. The van der Waals surface area contributed by atoms with Crippen molar-refractivity contribution < 1.29 is 19.1 Å². The Hall–Kier alpha value is -2.11. The molecular formula is C13H15FN2O3. The smallest absolute Gasteiger partial charge is 0.320 e. The molecule has 1 N–H and O–H groups in total. The Morgan fingerprint density at radius 3 is 2.74 bits per heavy atom. The third-order valence-electron chi connectivity index (χ3n) is 3.14. The van der Waals surface area contributed by atoms with E-state index in [1.807, 2.05) is 0 Å². The van der Waals surface area contributed by atoms with Gasteiger partial charge in [0.25, 0.3) is 0 Å². The zero-order valence-electron chi connectivity index (χ0n) is 10.5. The number of carboxylic acid groups (broad SMARTS) is 1. The van der Waals surface area contributed by atoms with Crippen LogP contribution in [-0.2, 0) is 11.3 Å². The number of hydrogen-bond acceptors (Lipinski definition) is 2. The number of rotatable bonds is 3. The van der Waals surface area contributed by atoms with Crippen LogP contribution in [0.4, 0.5) is 9.18 Å². The molecule has 1 fully saturated rings. The number of benzene rings is 1. The van der Waals surface area contributed by atoms with Crippen LogP contribution >= 0.6 is 0 Å². The van der Waals surface area contributed by atoms with E-state index in [-0.39, 0.29) is 24.9 Å². The summed E-state index contributed by atoms with van der Waals surface area (Å²) >= 11 is 0. The number of halogens is 1.